The van der Waals surface area contributed by atoms with Crippen molar-refractivity contribution in [2.24, 2.45) is 0 Å². The monoisotopic (exact) mass is 709 g/mol. The van der Waals surface area contributed by atoms with Crippen molar-refractivity contribution >= 4 is 40.1 Å². The maximum Gasteiger partial charge on any atom is 0.243 e. The lowest BCUT2D eigenvalue weighted by Gasteiger charge is -2.24. The molecule has 262 valence electrons. The molecule has 4 bridgehead atoms. The summed E-state index contributed by atoms with van der Waals surface area (Å²) in [6.07, 6.45) is 8.09. The van der Waals surface area contributed by atoms with Crippen LogP contribution in [-0.2, 0) is 35.5 Å². The summed E-state index contributed by atoms with van der Waals surface area (Å²) in [6.45, 7) is 1.23. The van der Waals surface area contributed by atoms with Gasteiger partial charge in [0.1, 0.15) is 36.9 Å². The number of alkyl halides is 1. The Labute approximate surface area is 300 Å². The Morgan fingerprint density at radius 1 is 1.00 bits per heavy atom. The highest BCUT2D eigenvalue weighted by atomic mass is 35.5. The van der Waals surface area contributed by atoms with E-state index in [0.717, 1.165) is 44.1 Å². The summed E-state index contributed by atoms with van der Waals surface area (Å²) >= 11 is 5.86. The smallest absolute Gasteiger partial charge is 0.243 e. The lowest BCUT2D eigenvalue weighted by Crippen LogP contribution is -2.46. The number of fused-ring (bicyclic) bond motifs is 1. The summed E-state index contributed by atoms with van der Waals surface area (Å²) < 4.78 is 37.1. The van der Waals surface area contributed by atoms with Crippen molar-refractivity contribution in [2.45, 2.75) is 77.2 Å². The number of hydrogen-bond acceptors (Lipinski definition) is 4. The first-order valence-electron chi connectivity index (χ1n) is 17.4. The van der Waals surface area contributed by atoms with E-state index < -0.39 is 29.8 Å². The number of amides is 2. The van der Waals surface area contributed by atoms with E-state index in [1.807, 2.05) is 18.2 Å². The molecule has 5 aliphatic carbocycles. The summed E-state index contributed by atoms with van der Waals surface area (Å²) in [5.74, 6) is -1.28. The molecule has 51 heavy (non-hydrogen) atoms. The fourth-order valence-electron chi connectivity index (χ4n) is 7.30. The van der Waals surface area contributed by atoms with Crippen molar-refractivity contribution in [2.75, 3.05) is 13.2 Å². The minimum atomic E-state index is -1.39. The van der Waals surface area contributed by atoms with Crippen molar-refractivity contribution in [1.29, 1.82) is 0 Å². The molecule has 2 atom stereocenters. The Morgan fingerprint density at radius 3 is 2.51 bits per heavy atom. The number of carbonyl (C=O) groups is 3. The summed E-state index contributed by atoms with van der Waals surface area (Å²) in [5, 5.41) is 3.22. The first kappa shape index (κ1) is 34.5. The normalized spacial score (nSPS) is 18.7. The molecule has 2 heterocycles. The molecule has 1 aromatic heterocycles. The van der Waals surface area contributed by atoms with Crippen LogP contribution in [0.2, 0.25) is 5.02 Å². The molecule has 3 aromatic carbocycles. The molecule has 10 heteroatoms. The quantitative estimate of drug-likeness (QED) is 0.183. The van der Waals surface area contributed by atoms with Gasteiger partial charge in [0.2, 0.25) is 11.8 Å². The Kier molecular flexibility index (Phi) is 9.97. The number of aryl methyl sites for hydroxylation is 2. The van der Waals surface area contributed by atoms with Gasteiger partial charge in [-0.2, -0.15) is 0 Å². The van der Waals surface area contributed by atoms with E-state index in [0.29, 0.717) is 28.8 Å². The van der Waals surface area contributed by atoms with Crippen LogP contribution in [0.15, 0.2) is 77.5 Å². The van der Waals surface area contributed by atoms with Crippen LogP contribution in [0.1, 0.15) is 66.1 Å². The standard InChI is InChI=1S/C41H38ClF2N3O4/c1-25(48)35-22-46(23-39(49)47-21-32(43)18-38(47)41(50)45-20-30-3-2-4-36(42)40(30)44)37-19-33(15-16-34(35)37)51-24-31-17-28-10-9-26-5-7-27(8-6-26)11-13-29(31)14-12-28/h2-5,7,15-17,19,22,32,38H,9-14,18,20-21,23-24H2,1H3,(H,45,50)/t32-,38+/m1/s1. The molecule has 0 radical (unpaired) electrons. The Morgan fingerprint density at radius 2 is 1.75 bits per heavy atom. The molecule has 4 aromatic rings. The van der Waals surface area contributed by atoms with E-state index in [1.165, 1.54) is 46.2 Å². The average molecular weight is 710 g/mol. The van der Waals surface area contributed by atoms with Gasteiger partial charge in [-0.3, -0.25) is 14.4 Å². The van der Waals surface area contributed by atoms with Gasteiger partial charge in [0.15, 0.2) is 5.78 Å². The number of allylic oxidation sites excluding steroid dienone is 2. The van der Waals surface area contributed by atoms with Gasteiger partial charge in [0.05, 0.1) is 17.1 Å². The summed E-state index contributed by atoms with van der Waals surface area (Å²) in [7, 11) is 0. The molecule has 1 N–H and O–H groups in total. The summed E-state index contributed by atoms with van der Waals surface area (Å²) in [5.41, 5.74) is 7.52. The van der Waals surface area contributed by atoms with Crippen LogP contribution in [-0.4, -0.2) is 52.4 Å². The lowest BCUT2D eigenvalue weighted by atomic mass is 9.86. The Bertz CT molecular complexity index is 2070. The number of carbonyl (C=O) groups excluding carboxylic acids is 3. The predicted molar refractivity (Wildman–Crippen MR) is 191 cm³/mol. The number of Topliss-reactive ketones (excluding diaryl/α,β-unsaturated/α-hetero) is 1. The second-order valence-corrected chi connectivity index (χ2v) is 14.0. The maximum absolute atomic E-state index is 14.7. The molecule has 0 spiro atoms. The first-order valence-corrected chi connectivity index (χ1v) is 17.7. The third-order valence-corrected chi connectivity index (χ3v) is 10.4. The van der Waals surface area contributed by atoms with E-state index in [9.17, 15) is 23.2 Å². The van der Waals surface area contributed by atoms with Crippen LogP contribution in [0, 0.1) is 17.9 Å². The highest BCUT2D eigenvalue weighted by molar-refractivity contribution is 6.30. The number of aromatic nitrogens is 1. The van der Waals surface area contributed by atoms with E-state index in [4.69, 9.17) is 16.3 Å². The number of nitrogens with zero attached hydrogens (tertiary/aromatic N) is 2. The molecule has 1 aliphatic heterocycles. The van der Waals surface area contributed by atoms with Crippen molar-refractivity contribution in [3.63, 3.8) is 0 Å². The third kappa shape index (κ3) is 7.57. The number of ketones is 1. The first-order chi connectivity index (χ1) is 24.6. The van der Waals surface area contributed by atoms with Crippen LogP contribution < -0.4 is 10.1 Å². The number of hydrogen-bond donors (Lipinski definition) is 1. The van der Waals surface area contributed by atoms with Gasteiger partial charge in [0.25, 0.3) is 0 Å². The number of likely N-dealkylation sites (tertiary alicyclic amines) is 1. The zero-order valence-electron chi connectivity index (χ0n) is 28.4. The Hall–Kier alpha value is -4.94. The molecule has 2 amide bonds. The molecule has 1 saturated heterocycles. The van der Waals surface area contributed by atoms with E-state index >= 15 is 0 Å². The predicted octanol–water partition coefficient (Wildman–Crippen LogP) is 7.47. The largest absolute Gasteiger partial charge is 0.489 e. The number of halogens is 3. The van der Waals surface area contributed by atoms with Crippen LogP contribution in [0.3, 0.4) is 0 Å². The highest BCUT2D eigenvalue weighted by Gasteiger charge is 2.40. The fourth-order valence-corrected chi connectivity index (χ4v) is 7.50. The second kappa shape index (κ2) is 14.7. The van der Waals surface area contributed by atoms with Crippen LogP contribution in [0.4, 0.5) is 8.78 Å². The zero-order chi connectivity index (χ0) is 35.6. The molecular weight excluding hydrogens is 672 g/mol. The van der Waals surface area contributed by atoms with Crippen molar-refractivity contribution < 1.29 is 27.9 Å². The second-order valence-electron chi connectivity index (χ2n) is 13.6. The van der Waals surface area contributed by atoms with Gasteiger partial charge in [-0.15, -0.1) is 0 Å². The van der Waals surface area contributed by atoms with Crippen LogP contribution in [0.25, 0.3) is 10.9 Å². The molecule has 7 nitrogen and oxygen atoms in total. The van der Waals surface area contributed by atoms with E-state index in [1.54, 1.807) is 16.8 Å². The maximum atomic E-state index is 14.7. The van der Waals surface area contributed by atoms with Gasteiger partial charge in [0, 0.05) is 52.9 Å². The topological polar surface area (TPSA) is 80.6 Å². The third-order valence-electron chi connectivity index (χ3n) is 10.2. The number of benzene rings is 2. The Balaban J connectivity index is 1.08. The SMILES string of the molecule is CC(=O)c1cn(CC(=O)N2C[C@H](F)C[C@H]2C(=O)NCc2cccc(Cl)c2F)c2cc(OCC3=C4CCC(=C3)CCc3c#cc(cc3)CC4)ccc12. The molecule has 0 unspecified atom stereocenters. The number of nitrogens with one attached hydrogen (secondary N) is 1. The van der Waals surface area contributed by atoms with Gasteiger partial charge in [-0.1, -0.05) is 53.1 Å². The molecule has 1 fully saturated rings. The average Bonchev–Trinajstić information content (AvgIpc) is 3.69. The van der Waals surface area contributed by atoms with Crippen LogP contribution >= 0.6 is 11.6 Å². The van der Waals surface area contributed by atoms with E-state index in [2.05, 4.69) is 35.7 Å². The van der Waals surface area contributed by atoms with Gasteiger partial charge >= 0.3 is 0 Å². The van der Waals surface area contributed by atoms with Crippen molar-refractivity contribution in [3.8, 4) is 5.75 Å². The van der Waals surface area contributed by atoms with Crippen LogP contribution in [0.5, 0.6) is 5.75 Å². The molecule has 6 aliphatic rings. The summed E-state index contributed by atoms with van der Waals surface area (Å²) in [6, 6.07) is 19.8. The fraction of sp³-hybridized carbons (Fsp3) is 0.341. The molecule has 0 saturated carbocycles. The molecular formula is C41H38ClF2N3O4. The van der Waals surface area contributed by atoms with Gasteiger partial charge in [-0.25, -0.2) is 8.78 Å². The van der Waals surface area contributed by atoms with Crippen molar-refractivity contribution in [1.82, 2.24) is 14.8 Å². The van der Waals surface area contributed by atoms with Gasteiger partial charge in [-0.05, 0) is 81.4 Å². The zero-order valence-corrected chi connectivity index (χ0v) is 29.1. The summed E-state index contributed by atoms with van der Waals surface area (Å²) in [4.78, 5) is 40.7. The number of ether oxygens (including phenoxy) is 1. The number of rotatable bonds is 9. The van der Waals surface area contributed by atoms with E-state index in [-0.39, 0.29) is 42.4 Å². The minimum Gasteiger partial charge on any atom is -0.489 e. The molecule has 10 rings (SSSR count). The highest BCUT2D eigenvalue weighted by Crippen LogP contribution is 2.32. The van der Waals surface area contributed by atoms with Gasteiger partial charge < -0.3 is 19.5 Å². The minimum absolute atomic E-state index is 0.0717. The van der Waals surface area contributed by atoms with Crippen molar-refractivity contribution in [3.05, 3.63) is 123 Å². The lowest BCUT2D eigenvalue weighted by molar-refractivity contribution is -0.139.